The van der Waals surface area contributed by atoms with Gasteiger partial charge in [-0.05, 0) is 24.3 Å². The molecule has 0 aliphatic heterocycles. The van der Waals surface area contributed by atoms with Crippen LogP contribution in [0.3, 0.4) is 0 Å². The molecule has 0 spiro atoms. The van der Waals surface area contributed by atoms with Gasteiger partial charge in [-0.2, -0.15) is 0 Å². The molecule has 3 rings (SSSR count). The SMILES string of the molecule is O=C(O)c1cnc2ccccc2c1Oc1ccccc1Cl. The smallest absolute Gasteiger partial charge is 0.341 e. The molecule has 0 atom stereocenters. The Labute approximate surface area is 125 Å². The van der Waals surface area contributed by atoms with Crippen molar-refractivity contribution < 1.29 is 14.6 Å². The van der Waals surface area contributed by atoms with E-state index in [1.165, 1.54) is 6.20 Å². The molecule has 0 saturated carbocycles. The van der Waals surface area contributed by atoms with E-state index in [0.717, 1.165) is 0 Å². The second-order valence-corrected chi connectivity index (χ2v) is 4.76. The minimum Gasteiger partial charge on any atom is -0.477 e. The van der Waals surface area contributed by atoms with Crippen molar-refractivity contribution in [2.24, 2.45) is 0 Å². The highest BCUT2D eigenvalue weighted by atomic mass is 35.5. The van der Waals surface area contributed by atoms with Crippen molar-refractivity contribution in [3.8, 4) is 11.5 Å². The first-order chi connectivity index (χ1) is 10.2. The van der Waals surface area contributed by atoms with Gasteiger partial charge in [0.2, 0.25) is 0 Å². The summed E-state index contributed by atoms with van der Waals surface area (Å²) in [6, 6.07) is 14.1. The number of carboxylic acid groups (broad SMARTS) is 1. The van der Waals surface area contributed by atoms with E-state index in [4.69, 9.17) is 16.3 Å². The number of fused-ring (bicyclic) bond motifs is 1. The van der Waals surface area contributed by atoms with E-state index >= 15 is 0 Å². The second-order valence-electron chi connectivity index (χ2n) is 4.36. The highest BCUT2D eigenvalue weighted by Gasteiger charge is 2.17. The van der Waals surface area contributed by atoms with Crippen LogP contribution >= 0.6 is 11.6 Å². The second kappa shape index (κ2) is 5.42. The molecular weight excluding hydrogens is 290 g/mol. The predicted molar refractivity (Wildman–Crippen MR) is 80.2 cm³/mol. The topological polar surface area (TPSA) is 59.4 Å². The van der Waals surface area contributed by atoms with Crippen LogP contribution in [0, 0.1) is 0 Å². The molecule has 1 aromatic heterocycles. The first-order valence-electron chi connectivity index (χ1n) is 6.20. The van der Waals surface area contributed by atoms with Crippen LogP contribution in [0.4, 0.5) is 0 Å². The van der Waals surface area contributed by atoms with E-state index in [1.54, 1.807) is 42.5 Å². The number of para-hydroxylation sites is 2. The minimum atomic E-state index is -1.10. The molecule has 0 aliphatic carbocycles. The lowest BCUT2D eigenvalue weighted by atomic mass is 10.1. The van der Waals surface area contributed by atoms with Gasteiger partial charge in [0, 0.05) is 11.6 Å². The van der Waals surface area contributed by atoms with Gasteiger partial charge in [-0.3, -0.25) is 4.98 Å². The molecule has 21 heavy (non-hydrogen) atoms. The first kappa shape index (κ1) is 13.4. The van der Waals surface area contributed by atoms with Gasteiger partial charge < -0.3 is 9.84 Å². The van der Waals surface area contributed by atoms with E-state index in [2.05, 4.69) is 4.98 Å². The number of halogens is 1. The Kier molecular flexibility index (Phi) is 3.46. The number of hydrogen-bond acceptors (Lipinski definition) is 3. The standard InChI is InChI=1S/C16H10ClNO3/c17-12-6-2-4-8-14(12)21-15-10-5-1-3-7-13(10)18-9-11(15)16(19)20/h1-9H,(H,19,20). The number of benzene rings is 2. The van der Waals surface area contributed by atoms with Gasteiger partial charge in [0.15, 0.2) is 5.75 Å². The third kappa shape index (κ3) is 2.53. The lowest BCUT2D eigenvalue weighted by molar-refractivity contribution is 0.0694. The molecule has 1 N–H and O–H groups in total. The molecule has 0 aliphatic rings. The number of carbonyl (C=O) groups is 1. The molecule has 0 bridgehead atoms. The van der Waals surface area contributed by atoms with Crippen LogP contribution in [0.1, 0.15) is 10.4 Å². The van der Waals surface area contributed by atoms with Gasteiger partial charge in [0.05, 0.1) is 10.5 Å². The van der Waals surface area contributed by atoms with Crippen LogP contribution in [-0.4, -0.2) is 16.1 Å². The lowest BCUT2D eigenvalue weighted by Crippen LogP contribution is -2.02. The zero-order valence-electron chi connectivity index (χ0n) is 10.8. The van der Waals surface area contributed by atoms with E-state index in [0.29, 0.717) is 21.7 Å². The summed E-state index contributed by atoms with van der Waals surface area (Å²) in [7, 11) is 0. The summed E-state index contributed by atoms with van der Waals surface area (Å²) >= 11 is 6.07. The quantitative estimate of drug-likeness (QED) is 0.779. The molecule has 5 heteroatoms. The Morgan fingerprint density at radius 2 is 1.81 bits per heavy atom. The molecule has 0 fully saturated rings. The number of nitrogens with zero attached hydrogens (tertiary/aromatic N) is 1. The van der Waals surface area contributed by atoms with Crippen molar-refractivity contribution >= 4 is 28.5 Å². The summed E-state index contributed by atoms with van der Waals surface area (Å²) in [4.78, 5) is 15.5. The fourth-order valence-electron chi connectivity index (χ4n) is 2.02. The van der Waals surface area contributed by atoms with Gasteiger partial charge in [0.1, 0.15) is 11.3 Å². The Morgan fingerprint density at radius 1 is 1.10 bits per heavy atom. The zero-order valence-corrected chi connectivity index (χ0v) is 11.5. The maximum atomic E-state index is 11.4. The zero-order chi connectivity index (χ0) is 14.8. The van der Waals surface area contributed by atoms with Gasteiger partial charge in [-0.1, -0.05) is 35.9 Å². The summed E-state index contributed by atoms with van der Waals surface area (Å²) < 4.78 is 5.76. The van der Waals surface area contributed by atoms with E-state index in [-0.39, 0.29) is 11.3 Å². The number of hydrogen-bond donors (Lipinski definition) is 1. The third-order valence-corrected chi connectivity index (χ3v) is 3.32. The van der Waals surface area contributed by atoms with Crippen molar-refractivity contribution in [3.63, 3.8) is 0 Å². The lowest BCUT2D eigenvalue weighted by Gasteiger charge is -2.12. The summed E-state index contributed by atoms with van der Waals surface area (Å²) in [5.41, 5.74) is 0.651. The van der Waals surface area contributed by atoms with Crippen molar-refractivity contribution in [2.75, 3.05) is 0 Å². The van der Waals surface area contributed by atoms with Gasteiger partial charge in [-0.25, -0.2) is 4.79 Å². The maximum Gasteiger partial charge on any atom is 0.341 e. The van der Waals surface area contributed by atoms with Crippen LogP contribution in [-0.2, 0) is 0 Å². The fourth-order valence-corrected chi connectivity index (χ4v) is 2.19. The van der Waals surface area contributed by atoms with Gasteiger partial charge in [-0.15, -0.1) is 0 Å². The molecule has 1 heterocycles. The molecule has 0 amide bonds. The van der Waals surface area contributed by atoms with Crippen LogP contribution in [0.5, 0.6) is 11.5 Å². The first-order valence-corrected chi connectivity index (χ1v) is 6.58. The van der Waals surface area contributed by atoms with Crippen molar-refractivity contribution in [1.82, 2.24) is 4.98 Å². The van der Waals surface area contributed by atoms with E-state index in [9.17, 15) is 9.90 Å². The average Bonchev–Trinajstić information content (AvgIpc) is 2.49. The third-order valence-electron chi connectivity index (χ3n) is 3.01. The number of ether oxygens (including phenoxy) is 1. The minimum absolute atomic E-state index is 0.00591. The van der Waals surface area contributed by atoms with Crippen molar-refractivity contribution in [1.29, 1.82) is 0 Å². The summed E-state index contributed by atoms with van der Waals surface area (Å²) in [6.07, 6.45) is 1.29. The Bertz CT molecular complexity index is 833. The molecular formula is C16H10ClNO3. The van der Waals surface area contributed by atoms with E-state index in [1.807, 2.05) is 6.07 Å². The van der Waals surface area contributed by atoms with Gasteiger partial charge in [0.25, 0.3) is 0 Å². The van der Waals surface area contributed by atoms with Crippen LogP contribution in [0.25, 0.3) is 10.9 Å². The number of pyridine rings is 1. The Balaban J connectivity index is 2.21. The number of rotatable bonds is 3. The number of aromatic carboxylic acids is 1. The average molecular weight is 300 g/mol. The molecule has 3 aromatic rings. The normalized spacial score (nSPS) is 10.5. The summed E-state index contributed by atoms with van der Waals surface area (Å²) in [5.74, 6) is -0.463. The van der Waals surface area contributed by atoms with Crippen LogP contribution in [0.15, 0.2) is 54.7 Å². The maximum absolute atomic E-state index is 11.4. The number of aromatic nitrogens is 1. The summed E-state index contributed by atoms with van der Waals surface area (Å²) in [6.45, 7) is 0. The highest BCUT2D eigenvalue weighted by molar-refractivity contribution is 6.32. The Morgan fingerprint density at radius 3 is 2.57 bits per heavy atom. The Hall–Kier alpha value is -2.59. The predicted octanol–water partition coefficient (Wildman–Crippen LogP) is 4.38. The molecule has 0 radical (unpaired) electrons. The highest BCUT2D eigenvalue weighted by Crippen LogP contribution is 2.35. The molecule has 4 nitrogen and oxygen atoms in total. The molecule has 2 aromatic carbocycles. The fraction of sp³-hybridized carbons (Fsp3) is 0. The number of carboxylic acids is 1. The summed E-state index contributed by atoms with van der Waals surface area (Å²) in [5, 5.41) is 10.4. The molecule has 0 saturated heterocycles. The van der Waals surface area contributed by atoms with Gasteiger partial charge >= 0.3 is 5.97 Å². The van der Waals surface area contributed by atoms with Crippen molar-refractivity contribution in [2.45, 2.75) is 0 Å². The largest absolute Gasteiger partial charge is 0.477 e. The molecule has 104 valence electrons. The van der Waals surface area contributed by atoms with Crippen LogP contribution in [0.2, 0.25) is 5.02 Å². The molecule has 0 unspecified atom stereocenters. The van der Waals surface area contributed by atoms with Crippen LogP contribution < -0.4 is 4.74 Å². The van der Waals surface area contributed by atoms with E-state index < -0.39 is 5.97 Å². The van der Waals surface area contributed by atoms with Crippen molar-refractivity contribution in [3.05, 3.63) is 65.3 Å². The monoisotopic (exact) mass is 299 g/mol.